The molecule has 1 unspecified atom stereocenters. The Labute approximate surface area is 290 Å². The molecule has 3 aromatic carbocycles. The van der Waals surface area contributed by atoms with Crippen molar-refractivity contribution >= 4 is 58.8 Å². The van der Waals surface area contributed by atoms with Crippen LogP contribution in [0.15, 0.2) is 54.7 Å². The van der Waals surface area contributed by atoms with Crippen LogP contribution in [0.1, 0.15) is 32.7 Å². The number of carbonyl (C=O) groups excluding carboxylic acids is 2. The number of para-hydroxylation sites is 1. The molecule has 248 valence electrons. The van der Waals surface area contributed by atoms with Gasteiger partial charge in [0.2, 0.25) is 0 Å². The maximum atomic E-state index is 15.9. The molecule has 3 aliphatic rings. The monoisotopic (exact) mass is 700 g/mol. The summed E-state index contributed by atoms with van der Waals surface area (Å²) in [6.45, 7) is 1.19. The Morgan fingerprint density at radius 1 is 1.08 bits per heavy atom. The normalized spacial score (nSPS) is 16.9. The van der Waals surface area contributed by atoms with Gasteiger partial charge in [-0.25, -0.2) is 18.9 Å². The third-order valence-corrected chi connectivity index (χ3v) is 10.1. The number of ether oxygens (including phenoxy) is 3. The molecule has 1 amide bonds. The van der Waals surface area contributed by atoms with E-state index < -0.39 is 17.7 Å². The number of rotatable bonds is 5. The fourth-order valence-electron chi connectivity index (χ4n) is 7.15. The summed E-state index contributed by atoms with van der Waals surface area (Å²) in [5.74, 6) is -1.17. The van der Waals surface area contributed by atoms with Crippen molar-refractivity contribution in [1.82, 2.24) is 24.9 Å². The molecular weight excluding hydrogens is 673 g/mol. The van der Waals surface area contributed by atoms with Crippen LogP contribution in [0, 0.1) is 5.82 Å². The number of anilines is 1. The Morgan fingerprint density at radius 2 is 1.90 bits per heavy atom. The number of aryl methyl sites for hydroxylation is 1. The van der Waals surface area contributed by atoms with Crippen molar-refractivity contribution in [2.75, 3.05) is 31.8 Å². The highest BCUT2D eigenvalue weighted by Gasteiger charge is 2.42. The number of aromatic nitrogens is 4. The Hall–Kier alpha value is -4.72. The third kappa shape index (κ3) is 5.27. The van der Waals surface area contributed by atoms with Crippen molar-refractivity contribution in [3.8, 4) is 28.0 Å². The molecule has 15 heteroatoms. The van der Waals surface area contributed by atoms with Gasteiger partial charge in [-0.2, -0.15) is 0 Å². The first kappa shape index (κ1) is 31.5. The molecule has 2 saturated heterocycles. The zero-order valence-electron chi connectivity index (χ0n) is 26.5. The van der Waals surface area contributed by atoms with Gasteiger partial charge in [0.25, 0.3) is 12.8 Å². The first-order valence-electron chi connectivity index (χ1n) is 15.7. The standard InChI is InChI=1S/C34H28BCl2FN6O5/c1-42-32-30(40-41-42)21(7-9-39-32)19-10-25(36)29(26(37)11-19)33(45)43-14-18-4-3-5-22(31(18)49-17-43)23-13-28(24(12-27(23)38)34(46)47-2)44-20-6-8-35(44)16-48-15-20/h3-5,7,9-13,20H,6,8,14-17H2,1-2H3. The summed E-state index contributed by atoms with van der Waals surface area (Å²) >= 11 is 13.4. The minimum Gasteiger partial charge on any atom is -0.472 e. The van der Waals surface area contributed by atoms with Crippen LogP contribution < -0.4 is 9.55 Å². The zero-order chi connectivity index (χ0) is 34.0. The number of amides is 1. The van der Waals surface area contributed by atoms with E-state index >= 15 is 4.39 Å². The molecule has 0 aliphatic carbocycles. The van der Waals surface area contributed by atoms with Gasteiger partial charge in [-0.05, 0) is 48.6 Å². The van der Waals surface area contributed by atoms with Crippen molar-refractivity contribution in [2.24, 2.45) is 7.05 Å². The molecule has 5 aromatic rings. The molecular formula is C34H28BCl2FN6O5. The first-order valence-corrected chi connectivity index (χ1v) is 16.4. The molecule has 3 aliphatic heterocycles. The molecule has 0 saturated carbocycles. The molecule has 2 bridgehead atoms. The van der Waals surface area contributed by atoms with Gasteiger partial charge in [0.15, 0.2) is 12.4 Å². The highest BCUT2D eigenvalue weighted by Crippen LogP contribution is 2.43. The van der Waals surface area contributed by atoms with E-state index in [-0.39, 0.29) is 52.9 Å². The average Bonchev–Trinajstić information content (AvgIpc) is 3.60. The van der Waals surface area contributed by atoms with Crippen LogP contribution in [0.3, 0.4) is 0 Å². The van der Waals surface area contributed by atoms with Crippen molar-refractivity contribution in [3.63, 3.8) is 0 Å². The zero-order valence-corrected chi connectivity index (χ0v) is 28.0. The summed E-state index contributed by atoms with van der Waals surface area (Å²) in [5.41, 5.74) is 4.91. The molecule has 49 heavy (non-hydrogen) atoms. The second-order valence-electron chi connectivity index (χ2n) is 12.3. The van der Waals surface area contributed by atoms with E-state index in [0.717, 1.165) is 18.3 Å². The van der Waals surface area contributed by atoms with E-state index in [1.807, 2.05) is 6.07 Å². The van der Waals surface area contributed by atoms with E-state index in [9.17, 15) is 9.59 Å². The molecule has 11 nitrogen and oxygen atoms in total. The molecule has 0 spiro atoms. The van der Waals surface area contributed by atoms with Crippen LogP contribution in [0.5, 0.6) is 5.75 Å². The van der Waals surface area contributed by atoms with E-state index in [0.29, 0.717) is 52.4 Å². The van der Waals surface area contributed by atoms with Gasteiger partial charge >= 0.3 is 5.97 Å². The fraction of sp³-hybridized carbons (Fsp3) is 0.265. The number of nitrogens with zero attached hydrogens (tertiary/aromatic N) is 6. The highest BCUT2D eigenvalue weighted by molar-refractivity contribution is 6.64. The predicted octanol–water partition coefficient (Wildman–Crippen LogP) is 6.06. The predicted molar refractivity (Wildman–Crippen MR) is 183 cm³/mol. The number of halogens is 3. The van der Waals surface area contributed by atoms with Crippen molar-refractivity contribution in [2.45, 2.75) is 25.3 Å². The van der Waals surface area contributed by atoms with E-state index in [4.69, 9.17) is 37.4 Å². The van der Waals surface area contributed by atoms with Gasteiger partial charge in [-0.15, -0.1) is 5.10 Å². The number of methoxy groups -OCH3 is 1. The fourth-order valence-corrected chi connectivity index (χ4v) is 7.80. The van der Waals surface area contributed by atoms with Crippen molar-refractivity contribution in [3.05, 3.63) is 87.3 Å². The van der Waals surface area contributed by atoms with Crippen LogP contribution >= 0.6 is 23.2 Å². The number of fused-ring (bicyclic) bond motifs is 4. The second-order valence-corrected chi connectivity index (χ2v) is 13.1. The van der Waals surface area contributed by atoms with Crippen LogP contribution in [-0.4, -0.2) is 76.6 Å². The summed E-state index contributed by atoms with van der Waals surface area (Å²) in [4.78, 5) is 34.7. The Morgan fingerprint density at radius 3 is 2.67 bits per heavy atom. The summed E-state index contributed by atoms with van der Waals surface area (Å²) < 4.78 is 34.4. The van der Waals surface area contributed by atoms with E-state index in [1.54, 1.807) is 54.3 Å². The first-order chi connectivity index (χ1) is 23.7. The second kappa shape index (κ2) is 12.3. The van der Waals surface area contributed by atoms with Crippen LogP contribution in [0.2, 0.25) is 16.4 Å². The van der Waals surface area contributed by atoms with Crippen molar-refractivity contribution < 1.29 is 28.2 Å². The number of hydrogen-bond acceptors (Lipinski definition) is 9. The lowest BCUT2D eigenvalue weighted by Crippen LogP contribution is -2.49. The number of benzene rings is 3. The Kier molecular flexibility index (Phi) is 7.93. The van der Waals surface area contributed by atoms with E-state index in [1.165, 1.54) is 18.1 Å². The van der Waals surface area contributed by atoms with Crippen LogP contribution in [-0.2, 0) is 23.1 Å². The minimum absolute atomic E-state index is 0.0754. The molecule has 2 fully saturated rings. The van der Waals surface area contributed by atoms with Gasteiger partial charge in [-0.1, -0.05) is 46.6 Å². The van der Waals surface area contributed by atoms with Crippen LogP contribution in [0.4, 0.5) is 10.1 Å². The van der Waals surface area contributed by atoms with E-state index in [2.05, 4.69) is 20.1 Å². The maximum Gasteiger partial charge on any atom is 0.340 e. The smallest absolute Gasteiger partial charge is 0.340 e. The lowest BCUT2D eigenvalue weighted by molar-refractivity contribution is 0.0515. The Balaban J connectivity index is 1.11. The quantitative estimate of drug-likeness (QED) is 0.160. The number of hydrogen-bond donors (Lipinski definition) is 0. The SMILES string of the molecule is COC(=O)c1cc(F)c(-c2cccc3c2OCN(C(=O)c2c(Cl)cc(-c4ccnc5c4nnn5C)cc2Cl)C3)cc1N1B2CCC1COC2. The maximum absolute atomic E-state index is 15.9. The summed E-state index contributed by atoms with van der Waals surface area (Å²) in [7, 11) is 3.03. The molecule has 2 aromatic heterocycles. The molecule has 0 N–H and O–H groups in total. The molecule has 8 rings (SSSR count). The van der Waals surface area contributed by atoms with Crippen molar-refractivity contribution in [1.29, 1.82) is 0 Å². The van der Waals surface area contributed by atoms with Gasteiger partial charge in [0.05, 0.1) is 41.4 Å². The lowest BCUT2D eigenvalue weighted by Gasteiger charge is -2.37. The Bertz CT molecular complexity index is 2140. The molecule has 1 atom stereocenters. The van der Waals surface area contributed by atoms with Gasteiger partial charge in [-0.3, -0.25) is 4.79 Å². The lowest BCUT2D eigenvalue weighted by atomic mass is 9.60. The molecule has 5 heterocycles. The molecule has 0 radical (unpaired) electrons. The van der Waals surface area contributed by atoms with Gasteiger partial charge in [0, 0.05) is 53.7 Å². The average molecular weight is 701 g/mol. The van der Waals surface area contributed by atoms with Gasteiger partial charge < -0.3 is 23.9 Å². The third-order valence-electron chi connectivity index (χ3n) is 9.47. The number of carbonyl (C=O) groups is 2. The summed E-state index contributed by atoms with van der Waals surface area (Å²) in [5, 5.41) is 8.59. The van der Waals surface area contributed by atoms with Gasteiger partial charge in [0.1, 0.15) is 17.1 Å². The highest BCUT2D eigenvalue weighted by atomic mass is 35.5. The topological polar surface area (TPSA) is 112 Å². The summed E-state index contributed by atoms with van der Waals surface area (Å²) in [6.07, 6.45) is 3.47. The summed E-state index contributed by atoms with van der Waals surface area (Å²) in [6, 6.07) is 13.5. The largest absolute Gasteiger partial charge is 0.472 e. The minimum atomic E-state index is -0.611. The number of esters is 1. The van der Waals surface area contributed by atoms with Crippen LogP contribution in [0.25, 0.3) is 33.4 Å². The number of pyridine rings is 1.